The predicted octanol–water partition coefficient (Wildman–Crippen LogP) is 4.94. The lowest BCUT2D eigenvalue weighted by Crippen LogP contribution is -2.44. The fourth-order valence-electron chi connectivity index (χ4n) is 5.45. The fourth-order valence-corrected chi connectivity index (χ4v) is 5.45. The van der Waals surface area contributed by atoms with Crippen LogP contribution in [0.25, 0.3) is 22.2 Å². The number of rotatable bonds is 8. The number of aliphatic hydroxyl groups is 1. The van der Waals surface area contributed by atoms with Crippen LogP contribution in [0.1, 0.15) is 41.4 Å². The molecule has 4 heterocycles. The van der Waals surface area contributed by atoms with Crippen LogP contribution in [0.5, 0.6) is 11.5 Å². The van der Waals surface area contributed by atoms with E-state index in [-0.39, 0.29) is 40.5 Å². The minimum atomic E-state index is -5.23. The standard InChI is InChI=1S/C30H26F4N6O4/c1-28(40-15-35-36-16-40)14-44-27-21(28)12-24(37-26(27)17-4-6-20(31)7-5-17)29(42,30(32,33)34)9-8-22(41)18-10-19-13-39(2)38-25(19)23(11-18)43-3/h4-7,10-13,15-16,42H,8-9,14H2,1-3H3/t28-,29-/m0/s1. The van der Waals surface area contributed by atoms with E-state index in [1.165, 1.54) is 48.7 Å². The molecule has 1 aliphatic rings. The first-order valence-electron chi connectivity index (χ1n) is 13.5. The monoisotopic (exact) mass is 610 g/mol. The molecule has 0 fully saturated rings. The van der Waals surface area contributed by atoms with Gasteiger partial charge in [-0.05, 0) is 55.8 Å². The molecular formula is C30H26F4N6O4. The molecule has 0 unspecified atom stereocenters. The number of fused-ring (bicyclic) bond motifs is 2. The van der Waals surface area contributed by atoms with Gasteiger partial charge in [0.15, 0.2) is 11.5 Å². The van der Waals surface area contributed by atoms with Gasteiger partial charge in [0.25, 0.3) is 0 Å². The molecule has 0 bridgehead atoms. The Morgan fingerprint density at radius 1 is 1.14 bits per heavy atom. The van der Waals surface area contributed by atoms with E-state index < -0.39 is 47.5 Å². The number of carbonyl (C=O) groups excluding carboxylic acids is 1. The molecule has 0 spiro atoms. The third-order valence-corrected chi connectivity index (χ3v) is 7.99. The predicted molar refractivity (Wildman–Crippen MR) is 149 cm³/mol. The second-order valence-corrected chi connectivity index (χ2v) is 10.9. The normalized spacial score (nSPS) is 17.7. The van der Waals surface area contributed by atoms with Crippen molar-refractivity contribution < 1.29 is 36.9 Å². The summed E-state index contributed by atoms with van der Waals surface area (Å²) in [4.78, 5) is 17.5. The van der Waals surface area contributed by atoms with Crippen molar-refractivity contribution in [3.63, 3.8) is 0 Å². The van der Waals surface area contributed by atoms with Crippen molar-refractivity contribution in [2.45, 2.75) is 37.1 Å². The first kappa shape index (κ1) is 29.2. The van der Waals surface area contributed by atoms with E-state index in [2.05, 4.69) is 20.3 Å². The molecule has 228 valence electrons. The second kappa shape index (κ2) is 10.4. The number of ether oxygens (including phenoxy) is 2. The lowest BCUT2D eigenvalue weighted by Gasteiger charge is -2.32. The molecule has 3 aromatic heterocycles. The van der Waals surface area contributed by atoms with E-state index in [1.54, 1.807) is 24.7 Å². The van der Waals surface area contributed by atoms with Crippen LogP contribution in [0.2, 0.25) is 0 Å². The molecule has 5 aromatic rings. The number of pyridine rings is 1. The highest BCUT2D eigenvalue weighted by molar-refractivity contribution is 6.01. The van der Waals surface area contributed by atoms with Crippen LogP contribution in [-0.4, -0.2) is 60.3 Å². The third kappa shape index (κ3) is 4.75. The molecule has 0 saturated carbocycles. The molecular weight excluding hydrogens is 584 g/mol. The Morgan fingerprint density at radius 3 is 2.50 bits per heavy atom. The topological polar surface area (TPSA) is 117 Å². The number of hydrogen-bond donors (Lipinski definition) is 1. The van der Waals surface area contributed by atoms with Crippen LogP contribution >= 0.6 is 0 Å². The number of nitrogens with zero attached hydrogens (tertiary/aromatic N) is 6. The van der Waals surface area contributed by atoms with Crippen LogP contribution < -0.4 is 9.47 Å². The van der Waals surface area contributed by atoms with Crippen molar-refractivity contribution in [1.82, 2.24) is 29.5 Å². The van der Waals surface area contributed by atoms with E-state index in [0.29, 0.717) is 10.9 Å². The lowest BCUT2D eigenvalue weighted by atomic mass is 9.85. The average Bonchev–Trinajstić information content (AvgIpc) is 3.74. The first-order chi connectivity index (χ1) is 20.8. The molecule has 0 radical (unpaired) electrons. The number of Topliss-reactive ketones (excluding diaryl/α,β-unsaturated/α-hetero) is 1. The molecule has 6 rings (SSSR count). The Labute approximate surface area is 247 Å². The van der Waals surface area contributed by atoms with Gasteiger partial charge in [0.2, 0.25) is 5.60 Å². The summed E-state index contributed by atoms with van der Waals surface area (Å²) in [5.74, 6) is -0.735. The van der Waals surface area contributed by atoms with Gasteiger partial charge in [-0.15, -0.1) is 10.2 Å². The van der Waals surface area contributed by atoms with Crippen molar-refractivity contribution in [2.24, 2.45) is 7.05 Å². The molecule has 0 amide bonds. The number of hydrogen-bond acceptors (Lipinski definition) is 8. The van der Waals surface area contributed by atoms with Crippen LogP contribution in [0.3, 0.4) is 0 Å². The van der Waals surface area contributed by atoms with Gasteiger partial charge in [-0.1, -0.05) is 0 Å². The Bertz CT molecular complexity index is 1870. The highest BCUT2D eigenvalue weighted by Crippen LogP contribution is 2.49. The fraction of sp³-hybridized carbons (Fsp3) is 0.300. The number of benzene rings is 2. The summed E-state index contributed by atoms with van der Waals surface area (Å²) in [6.45, 7) is 1.72. The summed E-state index contributed by atoms with van der Waals surface area (Å²) in [6.07, 6.45) is -2.47. The van der Waals surface area contributed by atoms with E-state index in [1.807, 2.05) is 0 Å². The number of methoxy groups -OCH3 is 1. The molecule has 0 aliphatic carbocycles. The van der Waals surface area contributed by atoms with Crippen LogP contribution in [0.4, 0.5) is 17.6 Å². The van der Waals surface area contributed by atoms with Crippen LogP contribution in [0.15, 0.2) is 61.3 Å². The van der Waals surface area contributed by atoms with Gasteiger partial charge in [-0.3, -0.25) is 9.48 Å². The zero-order valence-corrected chi connectivity index (χ0v) is 23.8. The lowest BCUT2D eigenvalue weighted by molar-refractivity contribution is -0.270. The van der Waals surface area contributed by atoms with Gasteiger partial charge in [-0.2, -0.15) is 18.3 Å². The van der Waals surface area contributed by atoms with Gasteiger partial charge in [0, 0.05) is 41.7 Å². The SMILES string of the molecule is COc1cc(C(=O)CC[C@](O)(c2cc3c(c(-c4ccc(F)cc4)n2)OC[C@]3(C)n2cnnc2)C(F)(F)F)cc2cn(C)nc12. The number of aromatic nitrogens is 6. The highest BCUT2D eigenvalue weighted by atomic mass is 19.4. The smallest absolute Gasteiger partial charge is 0.422 e. The van der Waals surface area contributed by atoms with Crippen molar-refractivity contribution in [3.05, 3.63) is 84.0 Å². The number of carbonyl (C=O) groups is 1. The quantitative estimate of drug-likeness (QED) is 0.194. The summed E-state index contributed by atoms with van der Waals surface area (Å²) in [6, 6.07) is 9.07. The number of alkyl halides is 3. The van der Waals surface area contributed by atoms with E-state index >= 15 is 0 Å². The van der Waals surface area contributed by atoms with Gasteiger partial charge >= 0.3 is 6.18 Å². The van der Waals surface area contributed by atoms with Crippen molar-refractivity contribution in [3.8, 4) is 22.8 Å². The second-order valence-electron chi connectivity index (χ2n) is 10.9. The van der Waals surface area contributed by atoms with E-state index in [9.17, 15) is 27.5 Å². The minimum absolute atomic E-state index is 0.00128. The highest BCUT2D eigenvalue weighted by Gasteiger charge is 2.57. The third-order valence-electron chi connectivity index (χ3n) is 7.99. The summed E-state index contributed by atoms with van der Waals surface area (Å²) in [5, 5.41) is 23.9. The average molecular weight is 611 g/mol. The van der Waals surface area contributed by atoms with Crippen LogP contribution in [0, 0.1) is 5.82 Å². The Morgan fingerprint density at radius 2 is 1.84 bits per heavy atom. The maximum absolute atomic E-state index is 14.8. The van der Waals surface area contributed by atoms with Crippen molar-refractivity contribution in [2.75, 3.05) is 13.7 Å². The van der Waals surface area contributed by atoms with Crippen LogP contribution in [-0.2, 0) is 18.2 Å². The summed E-state index contributed by atoms with van der Waals surface area (Å²) >= 11 is 0. The molecule has 1 N–H and O–H groups in total. The Hall–Kier alpha value is -4.85. The zero-order valence-electron chi connectivity index (χ0n) is 23.8. The van der Waals surface area contributed by atoms with Gasteiger partial charge in [-0.25, -0.2) is 9.37 Å². The summed E-state index contributed by atoms with van der Waals surface area (Å²) < 4.78 is 72.7. The molecule has 44 heavy (non-hydrogen) atoms. The largest absolute Gasteiger partial charge is 0.494 e. The summed E-state index contributed by atoms with van der Waals surface area (Å²) in [7, 11) is 3.09. The first-order valence-corrected chi connectivity index (χ1v) is 13.5. The maximum atomic E-state index is 14.8. The Kier molecular flexibility index (Phi) is 6.91. The number of halogens is 4. The molecule has 10 nitrogen and oxygen atoms in total. The van der Waals surface area contributed by atoms with Gasteiger partial charge in [0.05, 0.1) is 12.8 Å². The van der Waals surface area contributed by atoms with E-state index in [4.69, 9.17) is 9.47 Å². The van der Waals surface area contributed by atoms with Gasteiger partial charge in [0.1, 0.15) is 47.6 Å². The number of ketones is 1. The van der Waals surface area contributed by atoms with E-state index in [0.717, 1.165) is 18.2 Å². The minimum Gasteiger partial charge on any atom is -0.494 e. The molecule has 0 saturated heterocycles. The summed E-state index contributed by atoms with van der Waals surface area (Å²) in [5.41, 5.74) is -4.20. The van der Waals surface area contributed by atoms with Gasteiger partial charge < -0.3 is 19.1 Å². The molecule has 2 aromatic carbocycles. The Balaban J connectivity index is 1.44. The number of aryl methyl sites for hydroxylation is 1. The molecule has 2 atom stereocenters. The maximum Gasteiger partial charge on any atom is 0.422 e. The molecule has 1 aliphatic heterocycles. The molecule has 14 heteroatoms. The van der Waals surface area contributed by atoms with Crippen molar-refractivity contribution >= 4 is 16.7 Å². The van der Waals surface area contributed by atoms with Crippen molar-refractivity contribution in [1.29, 1.82) is 0 Å². The zero-order chi connectivity index (χ0) is 31.4.